The van der Waals surface area contributed by atoms with Crippen LogP contribution in [-0.2, 0) is 22.3 Å². The smallest absolute Gasteiger partial charge is 0.241 e. The summed E-state index contributed by atoms with van der Waals surface area (Å²) in [6.45, 7) is 6.61. The number of furan rings is 1. The molecule has 28 heavy (non-hydrogen) atoms. The van der Waals surface area contributed by atoms with Gasteiger partial charge in [0, 0.05) is 12.3 Å². The van der Waals surface area contributed by atoms with Gasteiger partial charge < -0.3 is 14.1 Å². The van der Waals surface area contributed by atoms with Crippen LogP contribution in [-0.4, -0.2) is 46.8 Å². The van der Waals surface area contributed by atoms with Crippen LogP contribution in [0.4, 0.5) is 0 Å². The van der Waals surface area contributed by atoms with Crippen molar-refractivity contribution in [1.82, 2.24) is 9.62 Å². The molecule has 1 aromatic heterocycles. The van der Waals surface area contributed by atoms with Crippen molar-refractivity contribution < 1.29 is 17.6 Å². The largest absolute Gasteiger partial charge is 0.496 e. The van der Waals surface area contributed by atoms with E-state index in [2.05, 4.69) is 9.62 Å². The Kier molecular flexibility index (Phi) is 8.00. The van der Waals surface area contributed by atoms with Crippen LogP contribution >= 0.6 is 11.8 Å². The first-order valence-corrected chi connectivity index (χ1v) is 11.7. The summed E-state index contributed by atoms with van der Waals surface area (Å²) < 4.78 is 39.4. The molecule has 2 rings (SSSR count). The van der Waals surface area contributed by atoms with Gasteiger partial charge in [0.15, 0.2) is 0 Å². The Balaban J connectivity index is 1.90. The van der Waals surface area contributed by atoms with Gasteiger partial charge in [-0.1, -0.05) is 0 Å². The average Bonchev–Trinajstić information content (AvgIpc) is 3.04. The molecule has 0 fully saturated rings. The number of ether oxygens (including phenoxy) is 1. The van der Waals surface area contributed by atoms with Gasteiger partial charge in [0.1, 0.15) is 17.3 Å². The second-order valence-electron chi connectivity index (χ2n) is 7.03. The van der Waals surface area contributed by atoms with Crippen LogP contribution in [0, 0.1) is 20.8 Å². The number of nitrogens with one attached hydrogen (secondary N) is 1. The summed E-state index contributed by atoms with van der Waals surface area (Å²) >= 11 is 1.64. The number of aryl methyl sites for hydroxylation is 1. The highest BCUT2D eigenvalue weighted by Gasteiger charge is 2.22. The lowest BCUT2D eigenvalue weighted by atomic mass is 10.1. The van der Waals surface area contributed by atoms with E-state index in [4.69, 9.17) is 9.15 Å². The zero-order valence-corrected chi connectivity index (χ0v) is 19.1. The predicted octanol–water partition coefficient (Wildman–Crippen LogP) is 3.49. The number of sulfonamides is 1. The highest BCUT2D eigenvalue weighted by atomic mass is 32.2. The van der Waals surface area contributed by atoms with Gasteiger partial charge in [-0.05, 0) is 69.8 Å². The third-order valence-corrected chi connectivity index (χ3v) is 7.17. The number of thioether (sulfide) groups is 1. The fraction of sp³-hybridized carbons (Fsp3) is 0.500. The fourth-order valence-corrected chi connectivity index (χ4v) is 5.47. The van der Waals surface area contributed by atoms with Crippen LogP contribution in [0.5, 0.6) is 5.75 Å². The molecular formula is C20H30N2O4S2. The molecule has 6 nitrogen and oxygen atoms in total. The van der Waals surface area contributed by atoms with Gasteiger partial charge in [0.25, 0.3) is 0 Å². The zero-order valence-electron chi connectivity index (χ0n) is 17.5. The minimum Gasteiger partial charge on any atom is -0.496 e. The van der Waals surface area contributed by atoms with Crippen LogP contribution in [0.3, 0.4) is 0 Å². The molecule has 8 heteroatoms. The lowest BCUT2D eigenvalue weighted by Crippen LogP contribution is -2.27. The summed E-state index contributed by atoms with van der Waals surface area (Å²) in [6.07, 6.45) is 0. The van der Waals surface area contributed by atoms with Crippen LogP contribution in [0.25, 0.3) is 0 Å². The van der Waals surface area contributed by atoms with E-state index in [1.807, 2.05) is 40.1 Å². The highest BCUT2D eigenvalue weighted by molar-refractivity contribution is 7.98. The highest BCUT2D eigenvalue weighted by Crippen LogP contribution is 2.30. The number of hydrogen-bond acceptors (Lipinski definition) is 6. The maximum atomic E-state index is 12.8. The molecular weight excluding hydrogens is 396 g/mol. The summed E-state index contributed by atoms with van der Waals surface area (Å²) in [5.74, 6) is 3.92. The maximum absolute atomic E-state index is 12.8. The van der Waals surface area contributed by atoms with Crippen molar-refractivity contribution in [3.05, 3.63) is 46.4 Å². The summed E-state index contributed by atoms with van der Waals surface area (Å²) in [4.78, 5) is 2.39. The molecule has 1 aromatic carbocycles. The van der Waals surface area contributed by atoms with Gasteiger partial charge in [-0.25, -0.2) is 13.1 Å². The number of nitrogens with zero attached hydrogens (tertiary/aromatic N) is 1. The molecule has 0 unspecified atom stereocenters. The van der Waals surface area contributed by atoms with Gasteiger partial charge in [-0.2, -0.15) is 11.8 Å². The normalized spacial score (nSPS) is 12.0. The monoisotopic (exact) mass is 426 g/mol. The van der Waals surface area contributed by atoms with Crippen LogP contribution in [0.15, 0.2) is 27.5 Å². The fourth-order valence-electron chi connectivity index (χ4n) is 3.04. The summed E-state index contributed by atoms with van der Waals surface area (Å²) in [7, 11) is 2.01. The maximum Gasteiger partial charge on any atom is 0.241 e. The average molecular weight is 427 g/mol. The molecule has 0 saturated carbocycles. The van der Waals surface area contributed by atoms with Gasteiger partial charge in [0.05, 0.1) is 24.3 Å². The Morgan fingerprint density at radius 1 is 1.14 bits per heavy atom. The van der Waals surface area contributed by atoms with E-state index in [1.54, 1.807) is 31.9 Å². The Bertz CT molecular complexity index is 905. The summed E-state index contributed by atoms with van der Waals surface area (Å²) in [5.41, 5.74) is 2.25. The summed E-state index contributed by atoms with van der Waals surface area (Å²) in [5, 5.41) is 0. The van der Waals surface area contributed by atoms with Gasteiger partial charge in [-0.3, -0.25) is 0 Å². The van der Waals surface area contributed by atoms with E-state index in [-0.39, 0.29) is 0 Å². The quantitative estimate of drug-likeness (QED) is 0.587. The Morgan fingerprint density at radius 2 is 1.82 bits per heavy atom. The van der Waals surface area contributed by atoms with Gasteiger partial charge in [0.2, 0.25) is 10.0 Å². The first-order valence-electron chi connectivity index (χ1n) is 9.10. The molecule has 0 aliphatic carbocycles. The molecule has 0 aliphatic rings. The second kappa shape index (κ2) is 9.82. The molecule has 0 radical (unpaired) electrons. The number of rotatable bonds is 10. The number of benzene rings is 1. The molecule has 0 aliphatic heterocycles. The van der Waals surface area contributed by atoms with Gasteiger partial charge >= 0.3 is 0 Å². The first kappa shape index (κ1) is 22.8. The topological polar surface area (TPSA) is 71.8 Å². The lowest BCUT2D eigenvalue weighted by Gasteiger charge is -2.16. The standard InChI is InChI=1S/C20H30N2O4S2/c1-14-11-19(25-6)15(2)16(3)20(14)28(23,24)21-9-10-27-13-18-8-7-17(26-18)12-22(4)5/h7-8,11,21H,9-10,12-13H2,1-6H3. The SMILES string of the molecule is COc1cc(C)c(S(=O)(=O)NCCSCc2ccc(CN(C)C)o2)c(C)c1C. The van der Waals surface area contributed by atoms with Crippen molar-refractivity contribution >= 4 is 21.8 Å². The Labute approximate surface area is 172 Å². The molecule has 0 spiro atoms. The van der Waals surface area contributed by atoms with E-state index in [9.17, 15) is 8.42 Å². The van der Waals surface area contributed by atoms with Crippen molar-refractivity contribution in [2.45, 2.75) is 38.0 Å². The van der Waals surface area contributed by atoms with Crippen molar-refractivity contribution in [2.24, 2.45) is 0 Å². The van der Waals surface area contributed by atoms with E-state index < -0.39 is 10.0 Å². The van der Waals surface area contributed by atoms with Crippen molar-refractivity contribution in [2.75, 3.05) is 33.5 Å². The van der Waals surface area contributed by atoms with E-state index >= 15 is 0 Å². The van der Waals surface area contributed by atoms with Crippen molar-refractivity contribution in [3.63, 3.8) is 0 Å². The summed E-state index contributed by atoms with van der Waals surface area (Å²) in [6, 6.07) is 5.73. The lowest BCUT2D eigenvalue weighted by molar-refractivity contribution is 0.344. The predicted molar refractivity (Wildman–Crippen MR) is 115 cm³/mol. The second-order valence-corrected chi connectivity index (χ2v) is 9.84. The third kappa shape index (κ3) is 5.76. The number of methoxy groups -OCH3 is 1. The molecule has 0 bridgehead atoms. The first-order chi connectivity index (χ1) is 13.2. The van der Waals surface area contributed by atoms with Gasteiger partial charge in [-0.15, -0.1) is 0 Å². The minimum absolute atomic E-state index is 0.343. The van der Waals surface area contributed by atoms with Crippen molar-refractivity contribution in [3.8, 4) is 5.75 Å². The van der Waals surface area contributed by atoms with Crippen LogP contribution < -0.4 is 9.46 Å². The molecule has 2 aromatic rings. The molecule has 1 N–H and O–H groups in total. The van der Waals surface area contributed by atoms with Crippen LogP contribution in [0.2, 0.25) is 0 Å². The Hall–Kier alpha value is -1.48. The van der Waals surface area contributed by atoms with E-state index in [0.717, 1.165) is 34.9 Å². The molecule has 1 heterocycles. The zero-order chi connectivity index (χ0) is 20.9. The third-order valence-electron chi connectivity index (χ3n) is 4.44. The number of hydrogen-bond donors (Lipinski definition) is 1. The van der Waals surface area contributed by atoms with E-state index in [1.165, 1.54) is 0 Å². The molecule has 0 atom stereocenters. The molecule has 0 amide bonds. The molecule has 0 saturated heterocycles. The van der Waals surface area contributed by atoms with E-state index in [0.29, 0.717) is 28.5 Å². The van der Waals surface area contributed by atoms with Crippen molar-refractivity contribution in [1.29, 1.82) is 0 Å². The van der Waals surface area contributed by atoms with Crippen LogP contribution in [0.1, 0.15) is 28.2 Å². The minimum atomic E-state index is -3.57. The molecule has 156 valence electrons. The Morgan fingerprint density at radius 3 is 2.46 bits per heavy atom.